The third kappa shape index (κ3) is 2.92. The molecule has 7 heteroatoms. The SMILES string of the molecule is CC(C)(C)NC1=NC(c2cc(F)c(F)c(F)c2)C(=O)N1. The lowest BCUT2D eigenvalue weighted by molar-refractivity contribution is -0.120. The van der Waals surface area contributed by atoms with Gasteiger partial charge in [0.1, 0.15) is 0 Å². The van der Waals surface area contributed by atoms with Gasteiger partial charge in [0.05, 0.1) is 0 Å². The molecule has 0 saturated heterocycles. The Balaban J connectivity index is 2.31. The molecule has 0 spiro atoms. The molecule has 0 radical (unpaired) electrons. The summed E-state index contributed by atoms with van der Waals surface area (Å²) in [5.74, 6) is -4.57. The summed E-state index contributed by atoms with van der Waals surface area (Å²) in [4.78, 5) is 15.8. The van der Waals surface area contributed by atoms with Gasteiger partial charge in [0.15, 0.2) is 29.5 Å². The van der Waals surface area contributed by atoms with E-state index in [1.165, 1.54) is 0 Å². The standard InChI is InChI=1S/C13H14F3N3O/c1-13(2,3)19-12-17-10(11(20)18-12)6-4-7(14)9(16)8(15)5-6/h4-5,10H,1-3H3,(H2,17,18,19,20). The Morgan fingerprint density at radius 1 is 1.20 bits per heavy atom. The fourth-order valence-corrected chi connectivity index (χ4v) is 1.78. The summed E-state index contributed by atoms with van der Waals surface area (Å²) in [6, 6.07) is 0.447. The Morgan fingerprint density at radius 2 is 1.75 bits per heavy atom. The molecule has 4 nitrogen and oxygen atoms in total. The van der Waals surface area contributed by atoms with Crippen LogP contribution in [0.3, 0.4) is 0 Å². The number of carbonyl (C=O) groups excluding carboxylic acids is 1. The molecule has 0 bridgehead atoms. The second kappa shape index (κ2) is 4.81. The highest BCUT2D eigenvalue weighted by Gasteiger charge is 2.30. The Morgan fingerprint density at radius 3 is 2.25 bits per heavy atom. The van der Waals surface area contributed by atoms with Crippen LogP contribution in [0.5, 0.6) is 0 Å². The van der Waals surface area contributed by atoms with Crippen molar-refractivity contribution in [2.24, 2.45) is 4.99 Å². The minimum absolute atomic E-state index is 0.0374. The Kier molecular flexibility index (Phi) is 3.45. The summed E-state index contributed by atoms with van der Waals surface area (Å²) in [6.07, 6.45) is 0. The number of nitrogens with one attached hydrogen (secondary N) is 2. The zero-order valence-corrected chi connectivity index (χ0v) is 11.2. The Hall–Kier alpha value is -2.05. The number of nitrogens with zero attached hydrogens (tertiary/aromatic N) is 1. The van der Waals surface area contributed by atoms with Crippen LogP contribution < -0.4 is 10.6 Å². The highest BCUT2D eigenvalue weighted by atomic mass is 19.2. The molecule has 1 heterocycles. The highest BCUT2D eigenvalue weighted by molar-refractivity contribution is 6.05. The first kappa shape index (κ1) is 14.4. The van der Waals surface area contributed by atoms with Gasteiger partial charge in [0.25, 0.3) is 5.91 Å². The number of carbonyl (C=O) groups is 1. The van der Waals surface area contributed by atoms with Gasteiger partial charge in [-0.05, 0) is 38.5 Å². The molecule has 1 aliphatic heterocycles. The van der Waals surface area contributed by atoms with Gasteiger partial charge in [-0.3, -0.25) is 10.1 Å². The number of rotatable bonds is 1. The molecule has 1 amide bonds. The van der Waals surface area contributed by atoms with Crippen molar-refractivity contribution in [3.8, 4) is 0 Å². The maximum Gasteiger partial charge on any atom is 0.256 e. The van der Waals surface area contributed by atoms with Crippen molar-refractivity contribution >= 4 is 11.9 Å². The van der Waals surface area contributed by atoms with Gasteiger partial charge in [-0.15, -0.1) is 0 Å². The topological polar surface area (TPSA) is 53.5 Å². The van der Waals surface area contributed by atoms with Gasteiger partial charge in [0.2, 0.25) is 0 Å². The van der Waals surface area contributed by atoms with Crippen molar-refractivity contribution in [1.82, 2.24) is 10.6 Å². The molecule has 0 fully saturated rings. The summed E-state index contributed by atoms with van der Waals surface area (Å²) in [5.41, 5.74) is -0.370. The zero-order chi connectivity index (χ0) is 15.1. The van der Waals surface area contributed by atoms with E-state index in [0.717, 1.165) is 12.1 Å². The summed E-state index contributed by atoms with van der Waals surface area (Å²) in [6.45, 7) is 5.60. The fraction of sp³-hybridized carbons (Fsp3) is 0.385. The third-order valence-corrected chi connectivity index (χ3v) is 2.56. The maximum absolute atomic E-state index is 13.2. The lowest BCUT2D eigenvalue weighted by Gasteiger charge is -2.21. The van der Waals surface area contributed by atoms with Crippen LogP contribution in [0.2, 0.25) is 0 Å². The van der Waals surface area contributed by atoms with Crippen LogP contribution in [-0.2, 0) is 4.79 Å². The summed E-state index contributed by atoms with van der Waals surface area (Å²) < 4.78 is 39.3. The van der Waals surface area contributed by atoms with E-state index in [9.17, 15) is 18.0 Å². The lowest BCUT2D eigenvalue weighted by Crippen LogP contribution is -2.46. The number of halogens is 3. The quantitative estimate of drug-likeness (QED) is 0.776. The van der Waals surface area contributed by atoms with E-state index in [1.54, 1.807) is 0 Å². The smallest absolute Gasteiger partial charge is 0.256 e. The lowest BCUT2D eigenvalue weighted by atomic mass is 10.1. The molecule has 1 unspecified atom stereocenters. The van der Waals surface area contributed by atoms with Gasteiger partial charge < -0.3 is 5.32 Å². The number of hydrogen-bond donors (Lipinski definition) is 2. The number of hydrogen-bond acceptors (Lipinski definition) is 3. The Bertz CT molecular complexity index is 570. The van der Waals surface area contributed by atoms with Gasteiger partial charge in [0, 0.05) is 5.54 Å². The molecule has 0 aliphatic carbocycles. The van der Waals surface area contributed by atoms with Crippen LogP contribution in [0, 0.1) is 17.5 Å². The van der Waals surface area contributed by atoms with Gasteiger partial charge in [-0.1, -0.05) is 0 Å². The average Bonchev–Trinajstić information content (AvgIpc) is 2.63. The van der Waals surface area contributed by atoms with Crippen molar-refractivity contribution in [2.45, 2.75) is 32.4 Å². The van der Waals surface area contributed by atoms with Crippen molar-refractivity contribution < 1.29 is 18.0 Å². The van der Waals surface area contributed by atoms with E-state index >= 15 is 0 Å². The van der Waals surface area contributed by atoms with Crippen LogP contribution in [0.25, 0.3) is 0 Å². The normalized spacial score (nSPS) is 18.8. The van der Waals surface area contributed by atoms with Crippen molar-refractivity contribution in [2.75, 3.05) is 0 Å². The Labute approximate surface area is 114 Å². The molecule has 2 rings (SSSR count). The average molecular weight is 285 g/mol. The number of benzene rings is 1. The van der Waals surface area contributed by atoms with Gasteiger partial charge in [-0.25, -0.2) is 18.2 Å². The van der Waals surface area contributed by atoms with Crippen LogP contribution in [-0.4, -0.2) is 17.4 Å². The number of aliphatic imine (C=N–C) groups is 1. The van der Waals surface area contributed by atoms with E-state index < -0.39 is 29.4 Å². The minimum atomic E-state index is -1.57. The molecule has 0 aromatic heterocycles. The summed E-state index contributed by atoms with van der Waals surface area (Å²) in [5, 5.41) is 5.42. The molecular weight excluding hydrogens is 271 g/mol. The molecular formula is C13H14F3N3O. The molecule has 1 aromatic rings. The van der Waals surface area contributed by atoms with Crippen LogP contribution in [0.15, 0.2) is 17.1 Å². The van der Waals surface area contributed by atoms with E-state index in [1.807, 2.05) is 20.8 Å². The zero-order valence-electron chi connectivity index (χ0n) is 11.2. The first-order chi connectivity index (χ1) is 9.17. The van der Waals surface area contributed by atoms with Gasteiger partial charge >= 0.3 is 0 Å². The summed E-state index contributed by atoms with van der Waals surface area (Å²) >= 11 is 0. The molecule has 20 heavy (non-hydrogen) atoms. The fourth-order valence-electron chi connectivity index (χ4n) is 1.78. The highest BCUT2D eigenvalue weighted by Crippen LogP contribution is 2.24. The predicted octanol–water partition coefficient (Wildman–Crippen LogP) is 2.02. The molecule has 1 aromatic carbocycles. The van der Waals surface area contributed by atoms with E-state index in [-0.39, 0.29) is 17.1 Å². The molecule has 2 N–H and O–H groups in total. The van der Waals surface area contributed by atoms with E-state index in [2.05, 4.69) is 15.6 Å². The molecule has 0 saturated carbocycles. The van der Waals surface area contributed by atoms with Crippen molar-refractivity contribution in [1.29, 1.82) is 0 Å². The molecule has 1 atom stereocenters. The van der Waals surface area contributed by atoms with Crippen LogP contribution in [0.4, 0.5) is 13.2 Å². The molecule has 1 aliphatic rings. The van der Waals surface area contributed by atoms with Crippen LogP contribution >= 0.6 is 0 Å². The number of guanidine groups is 1. The summed E-state index contributed by atoms with van der Waals surface area (Å²) in [7, 11) is 0. The first-order valence-electron chi connectivity index (χ1n) is 5.98. The van der Waals surface area contributed by atoms with Crippen LogP contribution in [0.1, 0.15) is 32.4 Å². The second-order valence-corrected chi connectivity index (χ2v) is 5.54. The monoisotopic (exact) mass is 285 g/mol. The first-order valence-corrected chi connectivity index (χ1v) is 5.98. The predicted molar refractivity (Wildman–Crippen MR) is 67.5 cm³/mol. The van der Waals surface area contributed by atoms with Crippen molar-refractivity contribution in [3.63, 3.8) is 0 Å². The second-order valence-electron chi connectivity index (χ2n) is 5.54. The van der Waals surface area contributed by atoms with Crippen molar-refractivity contribution in [3.05, 3.63) is 35.1 Å². The third-order valence-electron chi connectivity index (χ3n) is 2.56. The van der Waals surface area contributed by atoms with E-state index in [0.29, 0.717) is 0 Å². The number of amides is 1. The minimum Gasteiger partial charge on any atom is -0.351 e. The van der Waals surface area contributed by atoms with Gasteiger partial charge in [-0.2, -0.15) is 0 Å². The van der Waals surface area contributed by atoms with E-state index in [4.69, 9.17) is 0 Å². The molecule has 108 valence electrons. The maximum atomic E-state index is 13.2. The largest absolute Gasteiger partial charge is 0.351 e.